The molecule has 0 heterocycles. The summed E-state index contributed by atoms with van der Waals surface area (Å²) in [6.45, 7) is 0. The zero-order valence-corrected chi connectivity index (χ0v) is 9.40. The van der Waals surface area contributed by atoms with Crippen LogP contribution in [0.15, 0.2) is 36.4 Å². The third kappa shape index (κ3) is 2.11. The van der Waals surface area contributed by atoms with E-state index >= 15 is 0 Å². The van der Waals surface area contributed by atoms with Gasteiger partial charge in [-0.2, -0.15) is 0 Å². The smallest absolute Gasteiger partial charge is 0.123 e. The molecule has 0 radical (unpaired) electrons. The summed E-state index contributed by atoms with van der Waals surface area (Å²) >= 11 is 0. The van der Waals surface area contributed by atoms with Crippen LogP contribution in [0.5, 0.6) is 5.75 Å². The average Bonchev–Trinajstić information content (AvgIpc) is 2.26. The number of rotatable bonds is 2. The van der Waals surface area contributed by atoms with Crippen LogP contribution >= 0.6 is 0 Å². The van der Waals surface area contributed by atoms with Crippen LogP contribution in [0.1, 0.15) is 12.8 Å². The van der Waals surface area contributed by atoms with Crippen molar-refractivity contribution < 1.29 is 9.13 Å². The van der Waals surface area contributed by atoms with Gasteiger partial charge in [-0.3, -0.25) is 0 Å². The fourth-order valence-electron chi connectivity index (χ4n) is 2.16. The molecule has 3 heteroatoms. The maximum absolute atomic E-state index is 13.1. The Labute approximate surface area is 99.2 Å². The predicted octanol–water partition coefficient (Wildman–Crippen LogP) is 2.85. The highest BCUT2D eigenvalue weighted by Crippen LogP contribution is 2.27. The van der Waals surface area contributed by atoms with Gasteiger partial charge in [0.2, 0.25) is 0 Å². The molecular formula is C14H14FNO. The second-order valence-electron chi connectivity index (χ2n) is 4.62. The molecule has 0 aliphatic heterocycles. The molecule has 0 aromatic heterocycles. The van der Waals surface area contributed by atoms with E-state index in [4.69, 9.17) is 10.5 Å². The second kappa shape index (κ2) is 4.00. The third-order valence-corrected chi connectivity index (χ3v) is 3.21. The van der Waals surface area contributed by atoms with Gasteiger partial charge < -0.3 is 10.5 Å². The van der Waals surface area contributed by atoms with Crippen LogP contribution in [-0.4, -0.2) is 12.1 Å². The monoisotopic (exact) mass is 231 g/mol. The summed E-state index contributed by atoms with van der Waals surface area (Å²) in [5, 5.41) is 1.88. The van der Waals surface area contributed by atoms with Crippen LogP contribution in [-0.2, 0) is 0 Å². The van der Waals surface area contributed by atoms with E-state index in [0.717, 1.165) is 29.4 Å². The average molecular weight is 231 g/mol. The lowest BCUT2D eigenvalue weighted by Gasteiger charge is -2.32. The lowest BCUT2D eigenvalue weighted by molar-refractivity contribution is 0.101. The molecule has 2 aromatic rings. The summed E-state index contributed by atoms with van der Waals surface area (Å²) in [6, 6.07) is 10.8. The van der Waals surface area contributed by atoms with Gasteiger partial charge in [-0.15, -0.1) is 0 Å². The summed E-state index contributed by atoms with van der Waals surface area (Å²) in [5.41, 5.74) is 5.70. The molecule has 0 atom stereocenters. The number of fused-ring (bicyclic) bond motifs is 1. The zero-order chi connectivity index (χ0) is 11.8. The largest absolute Gasteiger partial charge is 0.490 e. The van der Waals surface area contributed by atoms with Crippen molar-refractivity contribution in [2.24, 2.45) is 5.73 Å². The van der Waals surface area contributed by atoms with Gasteiger partial charge in [0.05, 0.1) is 0 Å². The molecule has 1 saturated carbocycles. The normalized spacial score (nSPS) is 23.4. The molecule has 1 aliphatic rings. The molecule has 17 heavy (non-hydrogen) atoms. The van der Waals surface area contributed by atoms with Crippen molar-refractivity contribution in [3.63, 3.8) is 0 Å². The number of ether oxygens (including phenoxy) is 1. The van der Waals surface area contributed by atoms with E-state index in [-0.39, 0.29) is 18.0 Å². The van der Waals surface area contributed by atoms with Crippen LogP contribution in [0, 0.1) is 5.82 Å². The van der Waals surface area contributed by atoms with E-state index in [1.165, 1.54) is 12.1 Å². The quantitative estimate of drug-likeness (QED) is 0.862. The number of nitrogens with two attached hydrogens (primary N) is 1. The molecular weight excluding hydrogens is 217 g/mol. The van der Waals surface area contributed by atoms with Crippen molar-refractivity contribution in [1.82, 2.24) is 0 Å². The molecule has 1 fully saturated rings. The van der Waals surface area contributed by atoms with Gasteiger partial charge in [-0.05, 0) is 47.9 Å². The highest BCUT2D eigenvalue weighted by molar-refractivity contribution is 5.83. The molecule has 0 bridgehead atoms. The molecule has 2 N–H and O–H groups in total. The fourth-order valence-corrected chi connectivity index (χ4v) is 2.16. The van der Waals surface area contributed by atoms with Crippen LogP contribution < -0.4 is 10.5 Å². The molecule has 88 valence electrons. The SMILES string of the molecule is N[C@H]1C[C@H](Oc2ccc3ccc(F)cc3c2)C1. The minimum atomic E-state index is -0.222. The van der Waals surface area contributed by atoms with Crippen molar-refractivity contribution in [3.05, 3.63) is 42.2 Å². The van der Waals surface area contributed by atoms with E-state index in [1.54, 1.807) is 6.07 Å². The Kier molecular flexibility index (Phi) is 2.48. The van der Waals surface area contributed by atoms with E-state index in [2.05, 4.69) is 0 Å². The van der Waals surface area contributed by atoms with E-state index in [9.17, 15) is 4.39 Å². The maximum Gasteiger partial charge on any atom is 0.123 e. The molecule has 0 spiro atoms. The molecule has 3 rings (SSSR count). The number of hydrogen-bond acceptors (Lipinski definition) is 2. The first-order valence-electron chi connectivity index (χ1n) is 5.82. The van der Waals surface area contributed by atoms with Gasteiger partial charge in [0.15, 0.2) is 0 Å². The minimum Gasteiger partial charge on any atom is -0.490 e. The highest BCUT2D eigenvalue weighted by Gasteiger charge is 2.27. The summed E-state index contributed by atoms with van der Waals surface area (Å²) in [4.78, 5) is 0. The van der Waals surface area contributed by atoms with Gasteiger partial charge in [0.1, 0.15) is 17.7 Å². The molecule has 1 aliphatic carbocycles. The van der Waals surface area contributed by atoms with Crippen LogP contribution in [0.2, 0.25) is 0 Å². The number of benzene rings is 2. The molecule has 2 nitrogen and oxygen atoms in total. The van der Waals surface area contributed by atoms with Crippen molar-refractivity contribution in [1.29, 1.82) is 0 Å². The van der Waals surface area contributed by atoms with Gasteiger partial charge in [0, 0.05) is 6.04 Å². The first-order valence-corrected chi connectivity index (χ1v) is 5.82. The second-order valence-corrected chi connectivity index (χ2v) is 4.62. The van der Waals surface area contributed by atoms with Gasteiger partial charge in [0.25, 0.3) is 0 Å². The van der Waals surface area contributed by atoms with Gasteiger partial charge >= 0.3 is 0 Å². The summed E-state index contributed by atoms with van der Waals surface area (Å²) < 4.78 is 18.9. The van der Waals surface area contributed by atoms with Crippen LogP contribution in [0.3, 0.4) is 0 Å². The fraction of sp³-hybridized carbons (Fsp3) is 0.286. The first kappa shape index (κ1) is 10.5. The van der Waals surface area contributed by atoms with Crippen LogP contribution in [0.25, 0.3) is 10.8 Å². The highest BCUT2D eigenvalue weighted by atomic mass is 19.1. The molecule has 2 aromatic carbocycles. The first-order chi connectivity index (χ1) is 8.20. The Bertz CT molecular complexity index is 549. The summed E-state index contributed by atoms with van der Waals surface area (Å²) in [7, 11) is 0. The number of hydrogen-bond donors (Lipinski definition) is 1. The van der Waals surface area contributed by atoms with E-state index < -0.39 is 0 Å². The summed E-state index contributed by atoms with van der Waals surface area (Å²) in [6.07, 6.45) is 2.03. The van der Waals surface area contributed by atoms with E-state index in [1.807, 2.05) is 18.2 Å². The summed E-state index contributed by atoms with van der Waals surface area (Å²) in [5.74, 6) is 0.570. The molecule has 0 saturated heterocycles. The number of halogens is 1. The topological polar surface area (TPSA) is 35.2 Å². The Balaban J connectivity index is 1.85. The molecule has 0 amide bonds. The van der Waals surface area contributed by atoms with Crippen molar-refractivity contribution in [2.75, 3.05) is 0 Å². The molecule has 0 unspecified atom stereocenters. The van der Waals surface area contributed by atoms with Gasteiger partial charge in [-0.25, -0.2) is 4.39 Å². The predicted molar refractivity (Wildman–Crippen MR) is 65.5 cm³/mol. The Morgan fingerprint density at radius 1 is 1.06 bits per heavy atom. The van der Waals surface area contributed by atoms with E-state index in [0.29, 0.717) is 0 Å². The lowest BCUT2D eigenvalue weighted by atomic mass is 9.90. The Hall–Kier alpha value is -1.61. The van der Waals surface area contributed by atoms with Crippen LogP contribution in [0.4, 0.5) is 4.39 Å². The minimum absolute atomic E-state index is 0.219. The standard InChI is InChI=1S/C14H14FNO/c15-11-3-1-9-2-4-13(6-10(9)5-11)17-14-7-12(16)8-14/h1-6,12,14H,7-8,16H2/t12-,14-. The maximum atomic E-state index is 13.1. The lowest BCUT2D eigenvalue weighted by Crippen LogP contribution is -2.43. The van der Waals surface area contributed by atoms with Crippen molar-refractivity contribution in [2.45, 2.75) is 25.0 Å². The third-order valence-electron chi connectivity index (χ3n) is 3.21. The zero-order valence-electron chi connectivity index (χ0n) is 9.40. The van der Waals surface area contributed by atoms with Crippen molar-refractivity contribution >= 4 is 10.8 Å². The van der Waals surface area contributed by atoms with Crippen molar-refractivity contribution in [3.8, 4) is 5.75 Å². The Morgan fingerprint density at radius 3 is 2.59 bits per heavy atom. The van der Waals surface area contributed by atoms with Gasteiger partial charge in [-0.1, -0.05) is 12.1 Å². The Morgan fingerprint density at radius 2 is 1.82 bits per heavy atom.